The predicted octanol–water partition coefficient (Wildman–Crippen LogP) is 4.18. The first-order valence-electron chi connectivity index (χ1n) is 10.3. The number of hydrogen-bond donors (Lipinski definition) is 1. The summed E-state index contributed by atoms with van der Waals surface area (Å²) in [6.45, 7) is 2.71. The van der Waals surface area contributed by atoms with Crippen molar-refractivity contribution in [2.75, 3.05) is 31.5 Å². The number of hydrogen-bond acceptors (Lipinski definition) is 5. The third-order valence-corrected chi connectivity index (χ3v) is 6.09. The number of nitrogens with zero attached hydrogens (tertiary/aromatic N) is 1. The van der Waals surface area contributed by atoms with Crippen LogP contribution in [0.25, 0.3) is 0 Å². The number of rotatable bonds is 10. The van der Waals surface area contributed by atoms with Gasteiger partial charge in [-0.15, -0.1) is 0 Å². The number of amides is 1. The van der Waals surface area contributed by atoms with E-state index in [1.807, 2.05) is 6.92 Å². The molecular formula is C24H25FN2O5S. The van der Waals surface area contributed by atoms with Crippen LogP contribution in [0.3, 0.4) is 0 Å². The molecule has 0 spiro atoms. The molecule has 1 amide bonds. The van der Waals surface area contributed by atoms with Crippen molar-refractivity contribution < 1.29 is 27.1 Å². The molecule has 0 aliphatic rings. The van der Waals surface area contributed by atoms with Crippen molar-refractivity contribution in [1.29, 1.82) is 0 Å². The molecule has 1 N–H and O–H groups in total. The first-order valence-corrected chi connectivity index (χ1v) is 11.8. The Hall–Kier alpha value is -3.59. The van der Waals surface area contributed by atoms with E-state index in [1.165, 1.54) is 53.4 Å². The Morgan fingerprint density at radius 2 is 1.64 bits per heavy atom. The molecule has 0 radical (unpaired) electrons. The molecule has 0 saturated carbocycles. The molecule has 0 unspecified atom stereocenters. The molecule has 0 heterocycles. The fourth-order valence-electron chi connectivity index (χ4n) is 2.95. The Bertz CT molecular complexity index is 1180. The first kappa shape index (κ1) is 24.1. The summed E-state index contributed by atoms with van der Waals surface area (Å²) in [5.41, 5.74) is 0.707. The topological polar surface area (TPSA) is 84.9 Å². The third kappa shape index (κ3) is 6.45. The second-order valence-corrected chi connectivity index (χ2v) is 8.78. The van der Waals surface area contributed by atoms with E-state index in [2.05, 4.69) is 4.72 Å². The highest BCUT2D eigenvalue weighted by molar-refractivity contribution is 7.92. The molecule has 0 aliphatic heterocycles. The fraction of sp³-hybridized carbons (Fsp3) is 0.208. The van der Waals surface area contributed by atoms with E-state index in [0.29, 0.717) is 23.6 Å². The Balaban J connectivity index is 1.57. The normalized spacial score (nSPS) is 11.0. The van der Waals surface area contributed by atoms with Gasteiger partial charge in [0.2, 0.25) is 0 Å². The van der Waals surface area contributed by atoms with Gasteiger partial charge in [0.05, 0.1) is 18.0 Å². The summed E-state index contributed by atoms with van der Waals surface area (Å²) in [5.74, 6) is -0.0203. The van der Waals surface area contributed by atoms with Crippen LogP contribution in [0.4, 0.5) is 10.1 Å². The van der Waals surface area contributed by atoms with Crippen molar-refractivity contribution in [1.82, 2.24) is 4.90 Å². The largest absolute Gasteiger partial charge is 0.494 e. The van der Waals surface area contributed by atoms with Gasteiger partial charge in [-0.1, -0.05) is 12.1 Å². The molecule has 3 aromatic rings. The summed E-state index contributed by atoms with van der Waals surface area (Å²) in [5, 5.41) is 0. The van der Waals surface area contributed by atoms with E-state index < -0.39 is 15.8 Å². The Kier molecular flexibility index (Phi) is 7.89. The van der Waals surface area contributed by atoms with E-state index in [9.17, 15) is 17.6 Å². The number of carbonyl (C=O) groups is 1. The molecule has 3 aromatic carbocycles. The zero-order valence-electron chi connectivity index (χ0n) is 18.3. The Labute approximate surface area is 192 Å². The maximum Gasteiger partial charge on any atom is 0.261 e. The second kappa shape index (κ2) is 10.8. The van der Waals surface area contributed by atoms with Gasteiger partial charge in [-0.05, 0) is 67.6 Å². The number of para-hydroxylation sites is 1. The number of halogens is 1. The van der Waals surface area contributed by atoms with Gasteiger partial charge in [0.25, 0.3) is 15.9 Å². The molecule has 33 heavy (non-hydrogen) atoms. The highest BCUT2D eigenvalue weighted by Crippen LogP contribution is 2.20. The second-order valence-electron chi connectivity index (χ2n) is 7.09. The van der Waals surface area contributed by atoms with Crippen molar-refractivity contribution >= 4 is 21.6 Å². The van der Waals surface area contributed by atoms with E-state index in [1.54, 1.807) is 31.3 Å². The summed E-state index contributed by atoms with van der Waals surface area (Å²) in [6.07, 6.45) is 0. The van der Waals surface area contributed by atoms with Gasteiger partial charge in [0.15, 0.2) is 11.6 Å². The maximum atomic E-state index is 13.6. The lowest BCUT2D eigenvalue weighted by Crippen LogP contribution is -2.30. The number of likely N-dealkylation sites (N-methyl/N-ethyl adjacent to an activating group) is 1. The number of carbonyl (C=O) groups excluding carboxylic acids is 1. The lowest BCUT2D eigenvalue weighted by atomic mass is 10.2. The van der Waals surface area contributed by atoms with Gasteiger partial charge in [0.1, 0.15) is 12.4 Å². The molecule has 174 valence electrons. The minimum absolute atomic E-state index is 0.0979. The zero-order valence-corrected chi connectivity index (χ0v) is 19.1. The van der Waals surface area contributed by atoms with Gasteiger partial charge in [0, 0.05) is 18.3 Å². The number of sulfonamides is 1. The van der Waals surface area contributed by atoms with Gasteiger partial charge in [-0.3, -0.25) is 9.52 Å². The highest BCUT2D eigenvalue weighted by Gasteiger charge is 2.16. The summed E-state index contributed by atoms with van der Waals surface area (Å²) in [4.78, 5) is 14.1. The van der Waals surface area contributed by atoms with Crippen LogP contribution in [-0.2, 0) is 10.0 Å². The average Bonchev–Trinajstić information content (AvgIpc) is 2.80. The predicted molar refractivity (Wildman–Crippen MR) is 124 cm³/mol. The highest BCUT2D eigenvalue weighted by atomic mass is 32.2. The minimum Gasteiger partial charge on any atom is -0.494 e. The number of anilines is 1. The average molecular weight is 473 g/mol. The van der Waals surface area contributed by atoms with E-state index in [4.69, 9.17) is 9.47 Å². The molecule has 0 atom stereocenters. The quantitative estimate of drug-likeness (QED) is 0.479. The monoisotopic (exact) mass is 472 g/mol. The molecular weight excluding hydrogens is 447 g/mol. The number of benzene rings is 3. The van der Waals surface area contributed by atoms with Gasteiger partial charge >= 0.3 is 0 Å². The number of ether oxygens (including phenoxy) is 2. The first-order chi connectivity index (χ1) is 15.8. The van der Waals surface area contributed by atoms with Crippen LogP contribution in [-0.4, -0.2) is 46.0 Å². The van der Waals surface area contributed by atoms with E-state index >= 15 is 0 Å². The van der Waals surface area contributed by atoms with E-state index in [-0.39, 0.29) is 29.7 Å². The fourth-order valence-corrected chi connectivity index (χ4v) is 4.01. The van der Waals surface area contributed by atoms with Crippen LogP contribution in [0.1, 0.15) is 17.3 Å². The molecule has 9 heteroatoms. The van der Waals surface area contributed by atoms with Crippen LogP contribution >= 0.6 is 0 Å². The van der Waals surface area contributed by atoms with Crippen LogP contribution in [0.15, 0.2) is 77.7 Å². The smallest absolute Gasteiger partial charge is 0.261 e. The molecule has 7 nitrogen and oxygen atoms in total. The zero-order chi connectivity index (χ0) is 23.8. The molecule has 0 aromatic heterocycles. The van der Waals surface area contributed by atoms with E-state index in [0.717, 1.165) is 0 Å². The van der Waals surface area contributed by atoms with Crippen molar-refractivity contribution in [2.45, 2.75) is 11.8 Å². The minimum atomic E-state index is -3.78. The van der Waals surface area contributed by atoms with Gasteiger partial charge in [-0.25, -0.2) is 12.8 Å². The van der Waals surface area contributed by atoms with Gasteiger partial charge in [-0.2, -0.15) is 0 Å². The molecule has 0 fully saturated rings. The maximum absolute atomic E-state index is 13.6. The Morgan fingerprint density at radius 1 is 0.970 bits per heavy atom. The van der Waals surface area contributed by atoms with Gasteiger partial charge < -0.3 is 14.4 Å². The van der Waals surface area contributed by atoms with Crippen molar-refractivity contribution in [3.8, 4) is 11.5 Å². The van der Waals surface area contributed by atoms with Crippen molar-refractivity contribution in [3.05, 3.63) is 84.2 Å². The standard InChI is InChI=1S/C24H25FN2O5S/c1-3-31-20-12-14-21(15-13-20)33(29,30)26-19-10-8-18(9-11-19)24(28)27(2)16-17-32-23-7-5-4-6-22(23)25/h4-15,26H,3,16-17H2,1-2H3. The summed E-state index contributed by atoms with van der Waals surface area (Å²) in [6, 6.07) is 18.3. The van der Waals surface area contributed by atoms with Crippen LogP contribution < -0.4 is 14.2 Å². The summed E-state index contributed by atoms with van der Waals surface area (Å²) in [7, 11) is -2.18. The third-order valence-electron chi connectivity index (χ3n) is 4.70. The van der Waals surface area contributed by atoms with Crippen LogP contribution in [0.2, 0.25) is 0 Å². The SMILES string of the molecule is CCOc1ccc(S(=O)(=O)Nc2ccc(C(=O)N(C)CCOc3ccccc3F)cc2)cc1. The molecule has 0 bridgehead atoms. The summed E-state index contributed by atoms with van der Waals surface area (Å²) >= 11 is 0. The lowest BCUT2D eigenvalue weighted by Gasteiger charge is -2.18. The molecule has 3 rings (SSSR count). The van der Waals surface area contributed by atoms with Crippen molar-refractivity contribution in [2.24, 2.45) is 0 Å². The molecule has 0 aliphatic carbocycles. The Morgan fingerprint density at radius 3 is 2.27 bits per heavy atom. The van der Waals surface area contributed by atoms with Crippen LogP contribution in [0, 0.1) is 5.82 Å². The van der Waals surface area contributed by atoms with Crippen LogP contribution in [0.5, 0.6) is 11.5 Å². The molecule has 0 saturated heterocycles. The number of nitrogens with one attached hydrogen (secondary N) is 1. The van der Waals surface area contributed by atoms with Crippen molar-refractivity contribution in [3.63, 3.8) is 0 Å². The lowest BCUT2D eigenvalue weighted by molar-refractivity contribution is 0.0773. The summed E-state index contributed by atoms with van der Waals surface area (Å²) < 4.78 is 52.0.